The first kappa shape index (κ1) is 8.69. The number of rotatable bonds is 2. The maximum Gasteiger partial charge on any atom is 0.330 e. The second-order valence-electron chi connectivity index (χ2n) is 1.56. The Morgan fingerprint density at radius 1 is 1.78 bits per heavy atom. The van der Waals surface area contributed by atoms with Crippen molar-refractivity contribution in [2.75, 3.05) is 7.11 Å². The summed E-state index contributed by atoms with van der Waals surface area (Å²) in [5.41, 5.74) is 0. The summed E-state index contributed by atoms with van der Waals surface area (Å²) in [6.07, 6.45) is 3.10. The standard InChI is InChI=1S/C6H9BrO2/c1-5(7)3-4-6(8)9-2/h3-5H,1-2H3. The molecule has 2 nitrogen and oxygen atoms in total. The van der Waals surface area contributed by atoms with Gasteiger partial charge in [-0.25, -0.2) is 4.79 Å². The Hall–Kier alpha value is -0.310. The summed E-state index contributed by atoms with van der Waals surface area (Å²) in [5, 5.41) is 0. The van der Waals surface area contributed by atoms with E-state index in [1.54, 1.807) is 6.08 Å². The molecule has 0 amide bonds. The molecule has 0 N–H and O–H groups in total. The van der Waals surface area contributed by atoms with Gasteiger partial charge in [0.05, 0.1) is 7.11 Å². The van der Waals surface area contributed by atoms with Gasteiger partial charge in [-0.1, -0.05) is 22.0 Å². The van der Waals surface area contributed by atoms with Crippen LogP contribution in [0.2, 0.25) is 0 Å². The summed E-state index contributed by atoms with van der Waals surface area (Å²) in [6.45, 7) is 1.92. The molecule has 0 fully saturated rings. The summed E-state index contributed by atoms with van der Waals surface area (Å²) in [7, 11) is 1.35. The molecular formula is C6H9BrO2. The van der Waals surface area contributed by atoms with Gasteiger partial charge >= 0.3 is 5.97 Å². The molecule has 0 aliphatic heterocycles. The number of methoxy groups -OCH3 is 1. The van der Waals surface area contributed by atoms with E-state index in [1.165, 1.54) is 13.2 Å². The van der Waals surface area contributed by atoms with Crippen molar-refractivity contribution in [1.82, 2.24) is 0 Å². The smallest absolute Gasteiger partial charge is 0.330 e. The van der Waals surface area contributed by atoms with Crippen molar-refractivity contribution in [3.05, 3.63) is 12.2 Å². The van der Waals surface area contributed by atoms with Gasteiger partial charge in [0.2, 0.25) is 0 Å². The van der Waals surface area contributed by atoms with E-state index in [-0.39, 0.29) is 10.8 Å². The first-order valence-electron chi connectivity index (χ1n) is 2.57. The Morgan fingerprint density at radius 3 is 2.67 bits per heavy atom. The van der Waals surface area contributed by atoms with Gasteiger partial charge in [-0.05, 0) is 6.92 Å². The minimum absolute atomic E-state index is 0.219. The van der Waals surface area contributed by atoms with E-state index >= 15 is 0 Å². The van der Waals surface area contributed by atoms with Crippen molar-refractivity contribution in [3.63, 3.8) is 0 Å². The van der Waals surface area contributed by atoms with Gasteiger partial charge in [-0.3, -0.25) is 0 Å². The topological polar surface area (TPSA) is 26.3 Å². The highest BCUT2D eigenvalue weighted by molar-refractivity contribution is 9.09. The molecule has 52 valence electrons. The average Bonchev–Trinajstić information content (AvgIpc) is 1.83. The van der Waals surface area contributed by atoms with Crippen LogP contribution in [-0.2, 0) is 9.53 Å². The lowest BCUT2D eigenvalue weighted by Crippen LogP contribution is -1.95. The molecule has 1 atom stereocenters. The van der Waals surface area contributed by atoms with Gasteiger partial charge in [-0.15, -0.1) is 0 Å². The van der Waals surface area contributed by atoms with E-state index < -0.39 is 0 Å². The Morgan fingerprint density at radius 2 is 2.33 bits per heavy atom. The highest BCUT2D eigenvalue weighted by Gasteiger charge is 1.91. The van der Waals surface area contributed by atoms with Crippen LogP contribution in [0, 0.1) is 0 Å². The minimum atomic E-state index is -0.318. The number of hydrogen-bond acceptors (Lipinski definition) is 2. The van der Waals surface area contributed by atoms with E-state index in [0.717, 1.165) is 0 Å². The molecule has 0 saturated heterocycles. The first-order chi connectivity index (χ1) is 4.16. The van der Waals surface area contributed by atoms with Gasteiger partial charge in [0.15, 0.2) is 0 Å². The molecule has 0 bridgehead atoms. The molecule has 0 aromatic heterocycles. The van der Waals surface area contributed by atoms with Crippen LogP contribution in [0.3, 0.4) is 0 Å². The Bertz CT molecular complexity index is 118. The number of alkyl halides is 1. The van der Waals surface area contributed by atoms with Crippen molar-refractivity contribution < 1.29 is 9.53 Å². The van der Waals surface area contributed by atoms with Crippen molar-refractivity contribution in [2.45, 2.75) is 11.8 Å². The first-order valence-corrected chi connectivity index (χ1v) is 3.48. The van der Waals surface area contributed by atoms with Crippen LogP contribution in [0.15, 0.2) is 12.2 Å². The van der Waals surface area contributed by atoms with E-state index in [2.05, 4.69) is 20.7 Å². The fraction of sp³-hybridized carbons (Fsp3) is 0.500. The summed E-state index contributed by atoms with van der Waals surface area (Å²) in [5.74, 6) is -0.318. The van der Waals surface area contributed by atoms with Gasteiger partial charge < -0.3 is 4.74 Å². The molecule has 0 rings (SSSR count). The number of halogens is 1. The third-order valence-electron chi connectivity index (χ3n) is 0.699. The van der Waals surface area contributed by atoms with E-state index in [1.807, 2.05) is 6.92 Å². The summed E-state index contributed by atoms with van der Waals surface area (Å²) >= 11 is 3.24. The van der Waals surface area contributed by atoms with Gasteiger partial charge in [0.25, 0.3) is 0 Å². The molecule has 0 aliphatic carbocycles. The molecule has 9 heavy (non-hydrogen) atoms. The monoisotopic (exact) mass is 192 g/mol. The maximum atomic E-state index is 10.4. The Labute approximate surface area is 63.0 Å². The average molecular weight is 193 g/mol. The van der Waals surface area contributed by atoms with E-state index in [9.17, 15) is 4.79 Å². The lowest BCUT2D eigenvalue weighted by Gasteiger charge is -1.90. The predicted octanol–water partition coefficient (Wildman–Crippen LogP) is 1.50. The quantitative estimate of drug-likeness (QED) is 0.377. The largest absolute Gasteiger partial charge is 0.466 e. The Kier molecular flexibility index (Phi) is 4.40. The number of esters is 1. The van der Waals surface area contributed by atoms with Gasteiger partial charge in [0, 0.05) is 10.9 Å². The third-order valence-corrected chi connectivity index (χ3v) is 1.00. The number of allylic oxidation sites excluding steroid dienone is 1. The molecule has 0 spiro atoms. The molecule has 1 unspecified atom stereocenters. The van der Waals surface area contributed by atoms with Crippen molar-refractivity contribution in [3.8, 4) is 0 Å². The maximum absolute atomic E-state index is 10.4. The van der Waals surface area contributed by atoms with Crippen molar-refractivity contribution in [1.29, 1.82) is 0 Å². The van der Waals surface area contributed by atoms with Crippen LogP contribution >= 0.6 is 15.9 Å². The molecular weight excluding hydrogens is 184 g/mol. The molecule has 0 aromatic carbocycles. The van der Waals surface area contributed by atoms with Crippen LogP contribution in [0.5, 0.6) is 0 Å². The van der Waals surface area contributed by atoms with Gasteiger partial charge in [-0.2, -0.15) is 0 Å². The molecule has 0 aromatic rings. The van der Waals surface area contributed by atoms with Crippen molar-refractivity contribution in [2.24, 2.45) is 0 Å². The second kappa shape index (κ2) is 4.56. The summed E-state index contributed by atoms with van der Waals surface area (Å²) in [4.78, 5) is 10.6. The highest BCUT2D eigenvalue weighted by atomic mass is 79.9. The lowest BCUT2D eigenvalue weighted by atomic mass is 10.4. The van der Waals surface area contributed by atoms with Crippen LogP contribution in [0.4, 0.5) is 0 Å². The number of carbonyl (C=O) groups is 1. The lowest BCUT2D eigenvalue weighted by molar-refractivity contribution is -0.134. The minimum Gasteiger partial charge on any atom is -0.466 e. The zero-order chi connectivity index (χ0) is 7.28. The normalized spacial score (nSPS) is 13.7. The summed E-state index contributed by atoms with van der Waals surface area (Å²) < 4.78 is 4.35. The fourth-order valence-electron chi connectivity index (χ4n) is 0.279. The molecule has 0 aliphatic rings. The van der Waals surface area contributed by atoms with Crippen LogP contribution in [0.1, 0.15) is 6.92 Å². The van der Waals surface area contributed by atoms with Crippen LogP contribution in [0.25, 0.3) is 0 Å². The number of ether oxygens (including phenoxy) is 1. The number of hydrogen-bond donors (Lipinski definition) is 0. The zero-order valence-corrected chi connectivity index (χ0v) is 7.01. The number of carbonyl (C=O) groups excluding carboxylic acids is 1. The molecule has 3 heteroatoms. The highest BCUT2D eigenvalue weighted by Crippen LogP contribution is 1.97. The molecule has 0 saturated carbocycles. The van der Waals surface area contributed by atoms with Crippen molar-refractivity contribution >= 4 is 21.9 Å². The second-order valence-corrected chi connectivity index (χ2v) is 3.00. The molecule has 0 radical (unpaired) electrons. The van der Waals surface area contributed by atoms with Crippen LogP contribution < -0.4 is 0 Å². The predicted molar refractivity (Wildman–Crippen MR) is 39.5 cm³/mol. The van der Waals surface area contributed by atoms with E-state index in [4.69, 9.17) is 0 Å². The fourth-order valence-corrected chi connectivity index (χ4v) is 0.432. The zero-order valence-electron chi connectivity index (χ0n) is 5.43. The van der Waals surface area contributed by atoms with Crippen LogP contribution in [-0.4, -0.2) is 17.9 Å². The third kappa shape index (κ3) is 5.56. The Balaban J connectivity index is 3.57. The SMILES string of the molecule is COC(=O)C=CC(C)Br. The van der Waals surface area contributed by atoms with Gasteiger partial charge in [0.1, 0.15) is 0 Å². The summed E-state index contributed by atoms with van der Waals surface area (Å²) in [6, 6.07) is 0. The molecule has 0 heterocycles. The van der Waals surface area contributed by atoms with E-state index in [0.29, 0.717) is 0 Å².